The number of alkyl halides is 2. The summed E-state index contributed by atoms with van der Waals surface area (Å²) in [4.78, 5) is 0.0400. The molecule has 0 aliphatic carbocycles. The molecule has 0 saturated carbocycles. The molecule has 0 fully saturated rings. The molecule has 0 atom stereocenters. The van der Waals surface area contributed by atoms with E-state index in [9.17, 15) is 8.42 Å². The zero-order chi connectivity index (χ0) is 10.8. The van der Waals surface area contributed by atoms with Crippen molar-refractivity contribution in [2.75, 3.05) is 0 Å². The Balaban J connectivity index is 3.23. The van der Waals surface area contributed by atoms with Crippen molar-refractivity contribution in [1.29, 1.82) is 0 Å². The second kappa shape index (κ2) is 4.49. The van der Waals surface area contributed by atoms with Crippen LogP contribution >= 0.6 is 44.9 Å². The summed E-state index contributed by atoms with van der Waals surface area (Å²) in [6.07, 6.45) is 0. The molecule has 0 unspecified atom stereocenters. The van der Waals surface area contributed by atoms with Crippen molar-refractivity contribution in [3.63, 3.8) is 0 Å². The standard InChI is InChI=1S/C7H5Cl3O2S2/c8-7(9,13-10)14(11,12)6-4-2-1-3-5-6/h1-5H. The summed E-state index contributed by atoms with van der Waals surface area (Å²) in [6, 6.07) is 7.66. The van der Waals surface area contributed by atoms with Gasteiger partial charge in [0, 0.05) is 11.0 Å². The Kier molecular flexibility index (Phi) is 4.00. The second-order valence-electron chi connectivity index (χ2n) is 2.36. The summed E-state index contributed by atoms with van der Waals surface area (Å²) in [5, 5.41) is 0. The molecule has 0 spiro atoms. The molecule has 0 bridgehead atoms. The van der Waals surface area contributed by atoms with Crippen LogP contribution in [0.2, 0.25) is 0 Å². The minimum atomic E-state index is -3.83. The van der Waals surface area contributed by atoms with Gasteiger partial charge in [-0.3, -0.25) is 0 Å². The minimum absolute atomic E-state index is 0.0400. The van der Waals surface area contributed by atoms with Crippen LogP contribution in [0.15, 0.2) is 35.2 Å². The van der Waals surface area contributed by atoms with Gasteiger partial charge in [-0.15, -0.1) is 0 Å². The maximum atomic E-state index is 11.7. The molecule has 0 radical (unpaired) electrons. The summed E-state index contributed by atoms with van der Waals surface area (Å²) < 4.78 is 21.4. The van der Waals surface area contributed by atoms with Crippen molar-refractivity contribution < 1.29 is 8.42 Å². The van der Waals surface area contributed by atoms with Crippen LogP contribution < -0.4 is 0 Å². The van der Waals surface area contributed by atoms with Crippen LogP contribution in [-0.2, 0) is 9.84 Å². The Morgan fingerprint density at radius 1 is 1.14 bits per heavy atom. The average Bonchev–Trinajstić information content (AvgIpc) is 2.19. The van der Waals surface area contributed by atoms with Gasteiger partial charge in [-0.25, -0.2) is 8.42 Å². The van der Waals surface area contributed by atoms with Crippen LogP contribution in [0.3, 0.4) is 0 Å². The summed E-state index contributed by atoms with van der Waals surface area (Å²) in [5.41, 5.74) is 0. The van der Waals surface area contributed by atoms with E-state index in [0.29, 0.717) is 11.0 Å². The van der Waals surface area contributed by atoms with Crippen molar-refractivity contribution in [3.8, 4) is 0 Å². The van der Waals surface area contributed by atoms with Gasteiger partial charge in [-0.05, 0) is 22.8 Å². The van der Waals surface area contributed by atoms with Crippen molar-refractivity contribution in [2.24, 2.45) is 0 Å². The van der Waals surface area contributed by atoms with Gasteiger partial charge in [0.25, 0.3) is 3.00 Å². The number of rotatable bonds is 3. The first kappa shape index (κ1) is 12.5. The summed E-state index contributed by atoms with van der Waals surface area (Å²) in [6.45, 7) is 0. The molecule has 14 heavy (non-hydrogen) atoms. The molecule has 0 amide bonds. The third kappa shape index (κ3) is 2.31. The number of hydrogen-bond donors (Lipinski definition) is 0. The smallest absolute Gasteiger partial charge is 0.220 e. The normalized spacial score (nSPS) is 12.8. The number of sulfone groups is 1. The monoisotopic (exact) mass is 290 g/mol. The van der Waals surface area contributed by atoms with E-state index in [2.05, 4.69) is 0 Å². The van der Waals surface area contributed by atoms with Gasteiger partial charge in [0.05, 0.1) is 4.90 Å². The van der Waals surface area contributed by atoms with E-state index in [0.717, 1.165) is 0 Å². The first-order valence-electron chi connectivity index (χ1n) is 3.39. The first-order chi connectivity index (χ1) is 6.42. The lowest BCUT2D eigenvalue weighted by Crippen LogP contribution is -2.21. The van der Waals surface area contributed by atoms with Crippen LogP contribution in [0.1, 0.15) is 0 Å². The van der Waals surface area contributed by atoms with Crippen LogP contribution in [0.5, 0.6) is 0 Å². The zero-order valence-electron chi connectivity index (χ0n) is 6.65. The SMILES string of the molecule is O=S(=O)(c1ccccc1)C(Cl)(Cl)SCl. The molecule has 0 aliphatic rings. The molecule has 1 aromatic rings. The molecule has 0 heterocycles. The van der Waals surface area contributed by atoms with E-state index < -0.39 is 12.8 Å². The molecular formula is C7H5Cl3O2S2. The molecule has 0 aliphatic heterocycles. The highest BCUT2D eigenvalue weighted by atomic mass is 35.7. The lowest BCUT2D eigenvalue weighted by atomic mass is 10.4. The summed E-state index contributed by atoms with van der Waals surface area (Å²) in [7, 11) is 1.82. The molecule has 7 heteroatoms. The Bertz CT molecular complexity index is 402. The zero-order valence-corrected chi connectivity index (χ0v) is 10.6. The Morgan fingerprint density at radius 2 is 1.64 bits per heavy atom. The molecule has 0 saturated heterocycles. The first-order valence-corrected chi connectivity index (χ1v) is 7.27. The predicted molar refractivity (Wildman–Crippen MR) is 61.5 cm³/mol. The molecule has 2 nitrogen and oxygen atoms in total. The van der Waals surface area contributed by atoms with Gasteiger partial charge < -0.3 is 0 Å². The van der Waals surface area contributed by atoms with E-state index in [1.165, 1.54) is 12.1 Å². The van der Waals surface area contributed by atoms with Crippen molar-refractivity contribution in [3.05, 3.63) is 30.3 Å². The van der Waals surface area contributed by atoms with E-state index in [-0.39, 0.29) is 4.90 Å². The second-order valence-corrected chi connectivity index (χ2v) is 8.16. The summed E-state index contributed by atoms with van der Waals surface area (Å²) >= 11 is 11.1. The van der Waals surface area contributed by atoms with Gasteiger partial charge in [-0.1, -0.05) is 41.4 Å². The molecule has 0 aromatic heterocycles. The largest absolute Gasteiger partial charge is 0.282 e. The Morgan fingerprint density at radius 3 is 2.07 bits per heavy atom. The quantitative estimate of drug-likeness (QED) is 0.800. The third-order valence-electron chi connectivity index (χ3n) is 1.46. The third-order valence-corrected chi connectivity index (χ3v) is 7.19. The van der Waals surface area contributed by atoms with Crippen molar-refractivity contribution in [1.82, 2.24) is 0 Å². The van der Waals surface area contributed by atoms with E-state index in [1.54, 1.807) is 18.2 Å². The van der Waals surface area contributed by atoms with Gasteiger partial charge in [-0.2, -0.15) is 0 Å². The minimum Gasteiger partial charge on any atom is -0.220 e. The van der Waals surface area contributed by atoms with Crippen molar-refractivity contribution >= 4 is 54.7 Å². The van der Waals surface area contributed by atoms with Gasteiger partial charge in [0.1, 0.15) is 0 Å². The fraction of sp³-hybridized carbons (Fsp3) is 0.143. The maximum absolute atomic E-state index is 11.7. The number of halogens is 3. The Hall–Kier alpha value is 0.390. The van der Waals surface area contributed by atoms with E-state index in [1.807, 2.05) is 0 Å². The molecule has 0 N–H and O–H groups in total. The van der Waals surface area contributed by atoms with E-state index in [4.69, 9.17) is 33.9 Å². The van der Waals surface area contributed by atoms with E-state index >= 15 is 0 Å². The number of benzene rings is 1. The van der Waals surface area contributed by atoms with Gasteiger partial charge >= 0.3 is 0 Å². The predicted octanol–water partition coefficient (Wildman–Crippen LogP) is 3.44. The Labute approximate surface area is 101 Å². The molecule has 1 aromatic carbocycles. The molecule has 1 rings (SSSR count). The molecular weight excluding hydrogens is 287 g/mol. The lowest BCUT2D eigenvalue weighted by molar-refractivity contribution is 0.597. The van der Waals surface area contributed by atoms with Crippen LogP contribution in [-0.4, -0.2) is 11.4 Å². The highest BCUT2D eigenvalue weighted by Gasteiger charge is 2.41. The van der Waals surface area contributed by atoms with Crippen LogP contribution in [0.25, 0.3) is 0 Å². The summed E-state index contributed by atoms with van der Waals surface area (Å²) in [5.74, 6) is 0. The van der Waals surface area contributed by atoms with Gasteiger partial charge in [0.15, 0.2) is 0 Å². The highest BCUT2D eigenvalue weighted by molar-refractivity contribution is 8.31. The lowest BCUT2D eigenvalue weighted by Gasteiger charge is -2.15. The number of hydrogen-bond acceptors (Lipinski definition) is 3. The fourth-order valence-electron chi connectivity index (χ4n) is 0.778. The average molecular weight is 292 g/mol. The van der Waals surface area contributed by atoms with Crippen LogP contribution in [0, 0.1) is 0 Å². The highest BCUT2D eigenvalue weighted by Crippen LogP contribution is 2.45. The molecule has 78 valence electrons. The maximum Gasteiger partial charge on any atom is 0.282 e. The van der Waals surface area contributed by atoms with Crippen LogP contribution in [0.4, 0.5) is 0 Å². The topological polar surface area (TPSA) is 34.1 Å². The fourth-order valence-corrected chi connectivity index (χ4v) is 3.47. The van der Waals surface area contributed by atoms with Crippen molar-refractivity contribution in [2.45, 2.75) is 7.89 Å². The van der Waals surface area contributed by atoms with Gasteiger partial charge in [0.2, 0.25) is 9.84 Å².